The molecular weight excluding hydrogens is 364 g/mol. The van der Waals surface area contributed by atoms with Crippen LogP contribution in [0.15, 0.2) is 76.9 Å². The summed E-state index contributed by atoms with van der Waals surface area (Å²) < 4.78 is 5.45. The lowest BCUT2D eigenvalue weighted by atomic mass is 10.2. The summed E-state index contributed by atoms with van der Waals surface area (Å²) in [6, 6.07) is 17.7. The van der Waals surface area contributed by atoms with Gasteiger partial charge >= 0.3 is 0 Å². The Morgan fingerprint density at radius 2 is 1.92 bits per heavy atom. The number of hydrogen-bond acceptors (Lipinski definition) is 5. The number of rotatable bonds is 6. The smallest absolute Gasteiger partial charge is 0.266 e. The molecule has 4 rings (SSSR count). The molecule has 4 nitrogen and oxygen atoms in total. The van der Waals surface area contributed by atoms with Crippen LogP contribution in [-0.2, 0) is 13.1 Å². The molecule has 1 aromatic carbocycles. The first-order chi connectivity index (χ1) is 12.8. The number of nitrogens with zero attached hydrogens (tertiary/aromatic N) is 2. The van der Waals surface area contributed by atoms with Gasteiger partial charge in [0, 0.05) is 6.54 Å². The summed E-state index contributed by atoms with van der Waals surface area (Å²) in [6.45, 7) is 0.944. The van der Waals surface area contributed by atoms with Crippen LogP contribution in [0.5, 0.6) is 0 Å². The van der Waals surface area contributed by atoms with E-state index in [-0.39, 0.29) is 5.91 Å². The van der Waals surface area contributed by atoms with E-state index < -0.39 is 0 Å². The van der Waals surface area contributed by atoms with Crippen molar-refractivity contribution in [1.82, 2.24) is 9.88 Å². The lowest BCUT2D eigenvalue weighted by molar-refractivity contribution is 0.0722. The van der Waals surface area contributed by atoms with Crippen LogP contribution < -0.4 is 0 Å². The van der Waals surface area contributed by atoms with Gasteiger partial charge in [0.2, 0.25) is 0 Å². The average molecular weight is 380 g/mol. The highest BCUT2D eigenvalue weighted by atomic mass is 32.1. The average Bonchev–Trinajstić information content (AvgIpc) is 3.42. The maximum Gasteiger partial charge on any atom is 0.266 e. The van der Waals surface area contributed by atoms with Crippen LogP contribution in [0.4, 0.5) is 0 Å². The number of carbonyl (C=O) groups is 1. The second kappa shape index (κ2) is 7.68. The molecule has 0 aliphatic rings. The maximum atomic E-state index is 13.1. The number of furan rings is 1. The molecule has 0 fully saturated rings. The molecule has 3 aromatic heterocycles. The molecule has 0 spiro atoms. The van der Waals surface area contributed by atoms with Crippen molar-refractivity contribution in [3.63, 3.8) is 0 Å². The minimum atomic E-state index is -0.0365. The quantitative estimate of drug-likeness (QED) is 0.455. The van der Waals surface area contributed by atoms with Crippen LogP contribution in [0.3, 0.4) is 0 Å². The molecule has 4 aromatic rings. The van der Waals surface area contributed by atoms with Crippen LogP contribution in [0, 0.1) is 0 Å². The van der Waals surface area contributed by atoms with Gasteiger partial charge in [0.15, 0.2) is 0 Å². The predicted molar refractivity (Wildman–Crippen MR) is 104 cm³/mol. The molecule has 3 heterocycles. The molecule has 0 saturated heterocycles. The van der Waals surface area contributed by atoms with E-state index in [0.29, 0.717) is 18.0 Å². The number of benzene rings is 1. The first kappa shape index (κ1) is 16.8. The molecule has 26 heavy (non-hydrogen) atoms. The summed E-state index contributed by atoms with van der Waals surface area (Å²) in [5.74, 6) is 0.725. The van der Waals surface area contributed by atoms with Crippen molar-refractivity contribution in [2.75, 3.05) is 0 Å². The highest BCUT2D eigenvalue weighted by Gasteiger charge is 2.21. The van der Waals surface area contributed by atoms with Gasteiger partial charge in [-0.2, -0.15) is 0 Å². The number of thiophene rings is 1. The summed E-state index contributed by atoms with van der Waals surface area (Å²) >= 11 is 3.05. The Balaban J connectivity index is 1.59. The fraction of sp³-hybridized carbons (Fsp3) is 0.100. The number of thiazole rings is 1. The van der Waals surface area contributed by atoms with Crippen molar-refractivity contribution in [2.24, 2.45) is 0 Å². The normalized spacial score (nSPS) is 10.8. The van der Waals surface area contributed by atoms with Crippen LogP contribution in [0.1, 0.15) is 21.0 Å². The Kier molecular flexibility index (Phi) is 4.95. The minimum absolute atomic E-state index is 0.0365. The summed E-state index contributed by atoms with van der Waals surface area (Å²) in [7, 11) is 0. The molecule has 0 unspecified atom stereocenters. The van der Waals surface area contributed by atoms with Gasteiger partial charge in [0.25, 0.3) is 5.91 Å². The molecule has 1 amide bonds. The van der Waals surface area contributed by atoms with E-state index in [0.717, 1.165) is 21.2 Å². The predicted octanol–water partition coefficient (Wildman–Crippen LogP) is 5.31. The largest absolute Gasteiger partial charge is 0.467 e. The third-order valence-electron chi connectivity index (χ3n) is 3.88. The lowest BCUT2D eigenvalue weighted by Crippen LogP contribution is -2.29. The van der Waals surface area contributed by atoms with E-state index in [2.05, 4.69) is 4.98 Å². The Hall–Kier alpha value is -2.70. The number of amides is 1. The molecule has 0 radical (unpaired) electrons. The third kappa shape index (κ3) is 3.76. The lowest BCUT2D eigenvalue weighted by Gasteiger charge is -2.21. The van der Waals surface area contributed by atoms with Gasteiger partial charge in [-0.15, -0.1) is 22.7 Å². The number of carbonyl (C=O) groups excluding carboxylic acids is 1. The van der Waals surface area contributed by atoms with Crippen molar-refractivity contribution in [2.45, 2.75) is 13.1 Å². The number of hydrogen-bond donors (Lipinski definition) is 0. The Labute approximate surface area is 159 Å². The third-order valence-corrected chi connectivity index (χ3v) is 5.90. The molecule has 6 heteroatoms. The number of aromatic nitrogens is 1. The summed E-state index contributed by atoms with van der Waals surface area (Å²) in [4.78, 5) is 21.0. The van der Waals surface area contributed by atoms with Crippen LogP contribution >= 0.6 is 22.7 Å². The molecule has 130 valence electrons. The molecular formula is C20H16N2O2S2. The summed E-state index contributed by atoms with van der Waals surface area (Å²) in [6.07, 6.45) is 3.30. The van der Waals surface area contributed by atoms with Gasteiger partial charge in [-0.05, 0) is 29.1 Å². The second-order valence-electron chi connectivity index (χ2n) is 5.73. The topological polar surface area (TPSA) is 46.3 Å². The van der Waals surface area contributed by atoms with Crippen LogP contribution in [0.2, 0.25) is 0 Å². The summed E-state index contributed by atoms with van der Waals surface area (Å²) in [5.41, 5.74) is 1.08. The Morgan fingerprint density at radius 3 is 2.65 bits per heavy atom. The van der Waals surface area contributed by atoms with Crippen LogP contribution in [0.25, 0.3) is 9.88 Å². The SMILES string of the molecule is O=C(c1cnc(-c2cccs2)s1)N(Cc1ccccc1)Cc1ccco1. The van der Waals surface area contributed by atoms with E-state index >= 15 is 0 Å². The van der Waals surface area contributed by atoms with Gasteiger partial charge < -0.3 is 9.32 Å². The monoisotopic (exact) mass is 380 g/mol. The molecule has 0 N–H and O–H groups in total. The molecule has 0 aliphatic carbocycles. The summed E-state index contributed by atoms with van der Waals surface area (Å²) in [5, 5.41) is 2.89. The Bertz CT molecular complexity index is 961. The van der Waals surface area contributed by atoms with E-state index in [9.17, 15) is 4.79 Å². The molecule has 0 atom stereocenters. The highest BCUT2D eigenvalue weighted by molar-refractivity contribution is 7.21. The first-order valence-electron chi connectivity index (χ1n) is 8.15. The molecule has 0 saturated carbocycles. The zero-order chi connectivity index (χ0) is 17.8. The van der Waals surface area contributed by atoms with Crippen molar-refractivity contribution >= 4 is 28.6 Å². The van der Waals surface area contributed by atoms with E-state index in [1.807, 2.05) is 60.0 Å². The standard InChI is InChI=1S/C20H16N2O2S2/c23-20(18-12-21-19(26-18)17-9-5-11-25-17)22(14-16-8-4-10-24-16)13-15-6-2-1-3-7-15/h1-12H,13-14H2. The first-order valence-corrected chi connectivity index (χ1v) is 9.84. The van der Waals surface area contributed by atoms with E-state index in [4.69, 9.17) is 4.42 Å². The fourth-order valence-electron chi connectivity index (χ4n) is 2.64. The molecule has 0 aliphatic heterocycles. The fourth-order valence-corrected chi connectivity index (χ4v) is 4.32. The van der Waals surface area contributed by atoms with E-state index in [1.54, 1.807) is 28.7 Å². The van der Waals surface area contributed by atoms with Gasteiger partial charge in [0.1, 0.15) is 15.6 Å². The van der Waals surface area contributed by atoms with Crippen molar-refractivity contribution < 1.29 is 9.21 Å². The van der Waals surface area contributed by atoms with Crippen molar-refractivity contribution in [1.29, 1.82) is 0 Å². The van der Waals surface area contributed by atoms with Gasteiger partial charge in [-0.25, -0.2) is 4.98 Å². The zero-order valence-electron chi connectivity index (χ0n) is 13.9. The van der Waals surface area contributed by atoms with Crippen LogP contribution in [-0.4, -0.2) is 15.8 Å². The highest BCUT2D eigenvalue weighted by Crippen LogP contribution is 2.30. The van der Waals surface area contributed by atoms with Gasteiger partial charge in [0.05, 0.1) is 23.9 Å². The van der Waals surface area contributed by atoms with E-state index in [1.165, 1.54) is 11.3 Å². The molecule has 0 bridgehead atoms. The van der Waals surface area contributed by atoms with Crippen molar-refractivity contribution in [3.05, 3.63) is 88.6 Å². The van der Waals surface area contributed by atoms with Crippen molar-refractivity contribution in [3.8, 4) is 9.88 Å². The Morgan fingerprint density at radius 1 is 1.04 bits per heavy atom. The zero-order valence-corrected chi connectivity index (χ0v) is 15.5. The van der Waals surface area contributed by atoms with Gasteiger partial charge in [-0.3, -0.25) is 4.79 Å². The second-order valence-corrected chi connectivity index (χ2v) is 7.71. The maximum absolute atomic E-state index is 13.1. The minimum Gasteiger partial charge on any atom is -0.467 e. The van der Waals surface area contributed by atoms with Gasteiger partial charge in [-0.1, -0.05) is 36.4 Å².